The van der Waals surface area contributed by atoms with Crippen LogP contribution in [0.15, 0.2) is 48.5 Å². The molecule has 0 radical (unpaired) electrons. The number of benzene rings is 2. The number of halogens is 1. The second-order valence-corrected chi connectivity index (χ2v) is 6.92. The van der Waals surface area contributed by atoms with Crippen molar-refractivity contribution in [3.05, 3.63) is 70.4 Å². The van der Waals surface area contributed by atoms with E-state index in [0.29, 0.717) is 10.8 Å². The van der Waals surface area contributed by atoms with Crippen LogP contribution in [-0.4, -0.2) is 9.97 Å². The quantitative estimate of drug-likeness (QED) is 0.612. The highest BCUT2D eigenvalue weighted by atomic mass is 35.5. The van der Waals surface area contributed by atoms with E-state index in [9.17, 15) is 0 Å². The monoisotopic (exact) mass is 366 g/mol. The molecular formula is C21H23ClN4. The number of anilines is 2. The van der Waals surface area contributed by atoms with E-state index in [1.807, 2.05) is 24.3 Å². The molecule has 4 nitrogen and oxygen atoms in total. The first kappa shape index (κ1) is 18.2. The summed E-state index contributed by atoms with van der Waals surface area (Å²) in [6.07, 6.45) is 3.94. The van der Waals surface area contributed by atoms with E-state index in [1.165, 1.54) is 11.1 Å². The molecule has 0 unspecified atom stereocenters. The second kappa shape index (κ2) is 8.19. The zero-order valence-corrected chi connectivity index (χ0v) is 15.6. The Morgan fingerprint density at radius 1 is 0.846 bits per heavy atom. The number of nitrogen functional groups attached to an aromatic ring is 2. The Balaban J connectivity index is 1.72. The van der Waals surface area contributed by atoms with Crippen LogP contribution < -0.4 is 11.5 Å². The van der Waals surface area contributed by atoms with Gasteiger partial charge >= 0.3 is 0 Å². The highest BCUT2D eigenvalue weighted by molar-refractivity contribution is 6.30. The lowest BCUT2D eigenvalue weighted by atomic mass is 9.99. The molecule has 134 valence electrons. The van der Waals surface area contributed by atoms with Crippen LogP contribution in [0.1, 0.15) is 29.7 Å². The third kappa shape index (κ3) is 4.52. The van der Waals surface area contributed by atoms with Crippen LogP contribution in [0.4, 0.5) is 11.8 Å². The van der Waals surface area contributed by atoms with Crippen LogP contribution in [0.3, 0.4) is 0 Å². The Bertz CT molecular complexity index is 874. The molecular weight excluding hydrogens is 344 g/mol. The maximum Gasteiger partial charge on any atom is 0.222 e. The molecule has 0 saturated carbocycles. The average molecular weight is 367 g/mol. The molecule has 0 bridgehead atoms. The summed E-state index contributed by atoms with van der Waals surface area (Å²) < 4.78 is 0. The Morgan fingerprint density at radius 3 is 2.19 bits per heavy atom. The fourth-order valence-corrected chi connectivity index (χ4v) is 3.16. The SMILES string of the molecule is Cc1ccc(CCCCc2nc(N)nc(N)c2-c2ccc(Cl)cc2)cc1. The van der Waals surface area contributed by atoms with Crippen molar-refractivity contribution in [2.24, 2.45) is 0 Å². The molecule has 3 aromatic rings. The summed E-state index contributed by atoms with van der Waals surface area (Å²) in [5.41, 5.74) is 17.3. The molecule has 3 rings (SSSR count). The molecule has 0 saturated heterocycles. The van der Waals surface area contributed by atoms with Gasteiger partial charge in [0.15, 0.2) is 0 Å². The van der Waals surface area contributed by atoms with Crippen molar-refractivity contribution in [2.75, 3.05) is 11.5 Å². The first-order chi connectivity index (χ1) is 12.5. The van der Waals surface area contributed by atoms with Gasteiger partial charge in [0.05, 0.1) is 5.69 Å². The Kier molecular flexibility index (Phi) is 5.74. The first-order valence-corrected chi connectivity index (χ1v) is 9.14. The van der Waals surface area contributed by atoms with E-state index in [1.54, 1.807) is 0 Å². The maximum atomic E-state index is 6.14. The lowest BCUT2D eigenvalue weighted by Crippen LogP contribution is -2.07. The van der Waals surface area contributed by atoms with Crippen molar-refractivity contribution < 1.29 is 0 Å². The van der Waals surface area contributed by atoms with E-state index in [0.717, 1.165) is 42.5 Å². The van der Waals surface area contributed by atoms with Gasteiger partial charge in [-0.05, 0) is 55.9 Å². The standard InChI is InChI=1S/C21H23ClN4/c1-14-6-8-15(9-7-14)4-2-3-5-18-19(20(23)26-21(24)25-18)16-10-12-17(22)13-11-16/h6-13H,2-5H2,1H3,(H4,23,24,25,26). The zero-order chi connectivity index (χ0) is 18.5. The Morgan fingerprint density at radius 2 is 1.50 bits per heavy atom. The molecule has 1 heterocycles. The topological polar surface area (TPSA) is 77.8 Å². The summed E-state index contributed by atoms with van der Waals surface area (Å²) >= 11 is 5.99. The van der Waals surface area contributed by atoms with Crippen molar-refractivity contribution in [2.45, 2.75) is 32.6 Å². The highest BCUT2D eigenvalue weighted by Crippen LogP contribution is 2.30. The fraction of sp³-hybridized carbons (Fsp3) is 0.238. The van der Waals surface area contributed by atoms with Crippen molar-refractivity contribution in [1.29, 1.82) is 0 Å². The summed E-state index contributed by atoms with van der Waals surface area (Å²) in [7, 11) is 0. The number of hydrogen-bond acceptors (Lipinski definition) is 4. The van der Waals surface area contributed by atoms with Crippen molar-refractivity contribution in [3.63, 3.8) is 0 Å². The summed E-state index contributed by atoms with van der Waals surface area (Å²) in [6, 6.07) is 16.2. The number of unbranched alkanes of at least 4 members (excludes halogenated alkanes) is 1. The van der Waals surface area contributed by atoms with Crippen LogP contribution in [0.5, 0.6) is 0 Å². The second-order valence-electron chi connectivity index (χ2n) is 6.49. The molecule has 5 heteroatoms. The van der Waals surface area contributed by atoms with Crippen LogP contribution >= 0.6 is 11.6 Å². The molecule has 0 aliphatic carbocycles. The number of aromatic nitrogens is 2. The van der Waals surface area contributed by atoms with Crippen LogP contribution in [0.2, 0.25) is 5.02 Å². The minimum Gasteiger partial charge on any atom is -0.383 e. The Labute approximate surface area is 159 Å². The van der Waals surface area contributed by atoms with Crippen molar-refractivity contribution >= 4 is 23.4 Å². The predicted octanol–water partition coefficient (Wildman–Crippen LogP) is 4.84. The van der Waals surface area contributed by atoms with E-state index in [4.69, 9.17) is 23.1 Å². The number of nitrogens with zero attached hydrogens (tertiary/aromatic N) is 2. The molecule has 4 N–H and O–H groups in total. The lowest BCUT2D eigenvalue weighted by molar-refractivity contribution is 0.723. The van der Waals surface area contributed by atoms with E-state index < -0.39 is 0 Å². The average Bonchev–Trinajstić information content (AvgIpc) is 2.61. The molecule has 0 amide bonds. The molecule has 26 heavy (non-hydrogen) atoms. The smallest absolute Gasteiger partial charge is 0.222 e. The molecule has 0 atom stereocenters. The highest BCUT2D eigenvalue weighted by Gasteiger charge is 2.13. The van der Waals surface area contributed by atoms with Gasteiger partial charge in [-0.3, -0.25) is 0 Å². The van der Waals surface area contributed by atoms with Gasteiger partial charge in [0, 0.05) is 10.6 Å². The van der Waals surface area contributed by atoms with Gasteiger partial charge in [0.2, 0.25) is 5.95 Å². The largest absolute Gasteiger partial charge is 0.383 e. The van der Waals surface area contributed by atoms with Gasteiger partial charge in [0.1, 0.15) is 5.82 Å². The van der Waals surface area contributed by atoms with Crippen molar-refractivity contribution in [1.82, 2.24) is 9.97 Å². The third-order valence-electron chi connectivity index (χ3n) is 4.41. The van der Waals surface area contributed by atoms with Gasteiger partial charge in [-0.2, -0.15) is 4.98 Å². The summed E-state index contributed by atoms with van der Waals surface area (Å²) in [5, 5.41) is 0.684. The van der Waals surface area contributed by atoms with Gasteiger partial charge in [-0.25, -0.2) is 4.98 Å². The maximum absolute atomic E-state index is 6.14. The first-order valence-electron chi connectivity index (χ1n) is 8.76. The molecule has 1 aromatic heterocycles. The van der Waals surface area contributed by atoms with Crippen LogP contribution in [-0.2, 0) is 12.8 Å². The van der Waals surface area contributed by atoms with E-state index >= 15 is 0 Å². The van der Waals surface area contributed by atoms with Gasteiger partial charge in [0.25, 0.3) is 0 Å². The molecule has 0 aliphatic heterocycles. The minimum atomic E-state index is 0.216. The van der Waals surface area contributed by atoms with Gasteiger partial charge < -0.3 is 11.5 Å². The molecule has 2 aromatic carbocycles. The molecule has 0 fully saturated rings. The van der Waals surface area contributed by atoms with E-state index in [2.05, 4.69) is 41.2 Å². The number of hydrogen-bond donors (Lipinski definition) is 2. The summed E-state index contributed by atoms with van der Waals surface area (Å²) in [6.45, 7) is 2.10. The van der Waals surface area contributed by atoms with Gasteiger partial charge in [-0.1, -0.05) is 53.6 Å². The number of rotatable bonds is 6. The minimum absolute atomic E-state index is 0.216. The van der Waals surface area contributed by atoms with Gasteiger partial charge in [-0.15, -0.1) is 0 Å². The lowest BCUT2D eigenvalue weighted by Gasteiger charge is -2.12. The van der Waals surface area contributed by atoms with Crippen LogP contribution in [0, 0.1) is 6.92 Å². The van der Waals surface area contributed by atoms with Crippen molar-refractivity contribution in [3.8, 4) is 11.1 Å². The predicted molar refractivity (Wildman–Crippen MR) is 109 cm³/mol. The summed E-state index contributed by atoms with van der Waals surface area (Å²) in [5.74, 6) is 0.627. The molecule has 0 aliphatic rings. The normalized spacial score (nSPS) is 10.8. The van der Waals surface area contributed by atoms with Crippen LogP contribution in [0.25, 0.3) is 11.1 Å². The molecule has 0 spiro atoms. The third-order valence-corrected chi connectivity index (χ3v) is 4.66. The fourth-order valence-electron chi connectivity index (χ4n) is 3.03. The summed E-state index contributed by atoms with van der Waals surface area (Å²) in [4.78, 5) is 8.57. The van der Waals surface area contributed by atoms with E-state index in [-0.39, 0.29) is 5.95 Å². The number of aryl methyl sites for hydroxylation is 3. The zero-order valence-electron chi connectivity index (χ0n) is 14.9. The Hall–Kier alpha value is -2.59. The number of nitrogens with two attached hydrogens (primary N) is 2.